The van der Waals surface area contributed by atoms with Gasteiger partial charge in [-0.15, -0.1) is 0 Å². The number of carbonyl (C=O) groups is 1. The summed E-state index contributed by atoms with van der Waals surface area (Å²) in [5.74, 6) is 1.76. The SMILES string of the molecule is CCOc1cc(C2c3c(-c4ccc(OC)cc4)n[nH]c3C(=O)N2Cc2ccc(OC)cc2)ccc1O. The number of nitrogens with one attached hydrogen (secondary N) is 1. The number of aromatic hydroxyl groups is 1. The molecule has 8 heteroatoms. The lowest BCUT2D eigenvalue weighted by Gasteiger charge is -2.27. The first-order chi connectivity index (χ1) is 17.5. The Morgan fingerprint density at radius 1 is 0.972 bits per heavy atom. The van der Waals surface area contributed by atoms with E-state index in [1.807, 2.05) is 61.5 Å². The molecular weight excluding hydrogens is 458 g/mol. The number of rotatable bonds is 8. The zero-order valence-electron chi connectivity index (χ0n) is 20.3. The molecule has 1 atom stereocenters. The first-order valence-corrected chi connectivity index (χ1v) is 11.7. The molecule has 1 aliphatic rings. The van der Waals surface area contributed by atoms with E-state index in [1.165, 1.54) is 0 Å². The monoisotopic (exact) mass is 485 g/mol. The number of H-pyrrole nitrogens is 1. The number of ether oxygens (including phenoxy) is 3. The molecule has 1 unspecified atom stereocenters. The zero-order valence-corrected chi connectivity index (χ0v) is 20.3. The van der Waals surface area contributed by atoms with Gasteiger partial charge in [-0.25, -0.2) is 0 Å². The number of aromatic nitrogens is 2. The highest BCUT2D eigenvalue weighted by atomic mass is 16.5. The predicted octanol–water partition coefficient (Wildman–Crippen LogP) is 4.94. The van der Waals surface area contributed by atoms with Gasteiger partial charge in [0.25, 0.3) is 5.91 Å². The number of phenols is 1. The van der Waals surface area contributed by atoms with Gasteiger partial charge in [0.15, 0.2) is 11.5 Å². The molecular formula is C28H27N3O5. The Morgan fingerprint density at radius 2 is 1.64 bits per heavy atom. The number of amides is 1. The molecule has 184 valence electrons. The minimum absolute atomic E-state index is 0.0504. The molecule has 8 nitrogen and oxygen atoms in total. The molecule has 4 aromatic rings. The number of aromatic amines is 1. The van der Waals surface area contributed by atoms with E-state index < -0.39 is 6.04 Å². The third-order valence-electron chi connectivity index (χ3n) is 6.34. The minimum Gasteiger partial charge on any atom is -0.504 e. The maximum Gasteiger partial charge on any atom is 0.273 e. The van der Waals surface area contributed by atoms with Crippen molar-refractivity contribution in [3.05, 3.63) is 89.1 Å². The number of fused-ring (bicyclic) bond motifs is 1. The second-order valence-electron chi connectivity index (χ2n) is 8.43. The maximum atomic E-state index is 13.7. The van der Waals surface area contributed by atoms with Gasteiger partial charge in [0.05, 0.1) is 32.6 Å². The van der Waals surface area contributed by atoms with Crippen LogP contribution in [0.25, 0.3) is 11.3 Å². The van der Waals surface area contributed by atoms with Gasteiger partial charge < -0.3 is 24.2 Å². The third-order valence-corrected chi connectivity index (χ3v) is 6.34. The number of benzene rings is 3. The minimum atomic E-state index is -0.440. The van der Waals surface area contributed by atoms with Crippen LogP contribution in [-0.4, -0.2) is 46.9 Å². The summed E-state index contributed by atoms with van der Waals surface area (Å²) in [5.41, 5.74) is 4.56. The second kappa shape index (κ2) is 9.65. The van der Waals surface area contributed by atoms with E-state index in [1.54, 1.807) is 31.3 Å². The molecule has 36 heavy (non-hydrogen) atoms. The van der Waals surface area contributed by atoms with Gasteiger partial charge in [-0.05, 0) is 66.6 Å². The molecule has 5 rings (SSSR count). The zero-order chi connectivity index (χ0) is 25.2. The lowest BCUT2D eigenvalue weighted by Crippen LogP contribution is -2.29. The van der Waals surface area contributed by atoms with Crippen molar-refractivity contribution >= 4 is 5.91 Å². The predicted molar refractivity (Wildman–Crippen MR) is 135 cm³/mol. The molecule has 0 aliphatic carbocycles. The van der Waals surface area contributed by atoms with Crippen molar-refractivity contribution in [2.24, 2.45) is 0 Å². The van der Waals surface area contributed by atoms with Crippen LogP contribution in [0.4, 0.5) is 0 Å². The molecule has 1 aromatic heterocycles. The topological polar surface area (TPSA) is 96.9 Å². The van der Waals surface area contributed by atoms with Crippen molar-refractivity contribution in [3.63, 3.8) is 0 Å². The molecule has 0 radical (unpaired) electrons. The van der Waals surface area contributed by atoms with Crippen LogP contribution in [0, 0.1) is 0 Å². The van der Waals surface area contributed by atoms with Gasteiger partial charge >= 0.3 is 0 Å². The quantitative estimate of drug-likeness (QED) is 0.367. The van der Waals surface area contributed by atoms with Crippen molar-refractivity contribution in [1.82, 2.24) is 15.1 Å². The smallest absolute Gasteiger partial charge is 0.273 e. The van der Waals surface area contributed by atoms with Gasteiger partial charge in [-0.2, -0.15) is 5.10 Å². The van der Waals surface area contributed by atoms with Crippen LogP contribution in [0.3, 0.4) is 0 Å². The molecule has 0 spiro atoms. The summed E-state index contributed by atoms with van der Waals surface area (Å²) in [5, 5.41) is 17.8. The summed E-state index contributed by atoms with van der Waals surface area (Å²) >= 11 is 0. The lowest BCUT2D eigenvalue weighted by atomic mass is 9.95. The Balaban J connectivity index is 1.62. The van der Waals surface area contributed by atoms with E-state index in [9.17, 15) is 9.90 Å². The first kappa shape index (κ1) is 23.3. The highest BCUT2D eigenvalue weighted by molar-refractivity contribution is 6.00. The summed E-state index contributed by atoms with van der Waals surface area (Å²) in [6, 6.07) is 20.0. The number of hydrogen-bond acceptors (Lipinski definition) is 6. The van der Waals surface area contributed by atoms with E-state index in [2.05, 4.69) is 10.2 Å². The molecule has 1 amide bonds. The van der Waals surface area contributed by atoms with E-state index in [-0.39, 0.29) is 11.7 Å². The van der Waals surface area contributed by atoms with Gasteiger partial charge in [-0.3, -0.25) is 9.89 Å². The first-order valence-electron chi connectivity index (χ1n) is 11.7. The average molecular weight is 486 g/mol. The summed E-state index contributed by atoms with van der Waals surface area (Å²) < 4.78 is 16.2. The molecule has 1 aliphatic heterocycles. The molecule has 3 aromatic carbocycles. The maximum absolute atomic E-state index is 13.7. The lowest BCUT2D eigenvalue weighted by molar-refractivity contribution is 0.0730. The van der Waals surface area contributed by atoms with Crippen molar-refractivity contribution in [3.8, 4) is 34.3 Å². The van der Waals surface area contributed by atoms with Crippen LogP contribution in [0.15, 0.2) is 66.7 Å². The fraction of sp³-hybridized carbons (Fsp3) is 0.214. The van der Waals surface area contributed by atoms with Crippen molar-refractivity contribution in [2.45, 2.75) is 19.5 Å². The number of methoxy groups -OCH3 is 2. The summed E-state index contributed by atoms with van der Waals surface area (Å²) in [6.45, 7) is 2.64. The number of nitrogens with zero attached hydrogens (tertiary/aromatic N) is 2. The fourth-order valence-electron chi connectivity index (χ4n) is 4.57. The fourth-order valence-corrected chi connectivity index (χ4v) is 4.57. The Kier molecular flexibility index (Phi) is 6.25. The highest BCUT2D eigenvalue weighted by Gasteiger charge is 2.42. The van der Waals surface area contributed by atoms with Crippen molar-refractivity contribution in [2.75, 3.05) is 20.8 Å². The van der Waals surface area contributed by atoms with Gasteiger partial charge in [0.2, 0.25) is 0 Å². The number of phenolic OH excluding ortho intramolecular Hbond substituents is 1. The normalized spacial score (nSPS) is 14.6. The molecule has 2 heterocycles. The highest BCUT2D eigenvalue weighted by Crippen LogP contribution is 2.45. The Labute approximate surface area is 209 Å². The molecule has 0 bridgehead atoms. The standard InChI is InChI=1S/C28H27N3O5/c1-4-36-23-15-19(9-14-22(23)32)27-24-25(18-7-12-21(35-3)13-8-18)29-30-26(24)28(33)31(27)16-17-5-10-20(34-2)11-6-17/h5-15,27,32H,4,16H2,1-3H3,(H,29,30). The van der Waals surface area contributed by atoms with Crippen LogP contribution in [-0.2, 0) is 6.54 Å². The van der Waals surface area contributed by atoms with Gasteiger partial charge in [0.1, 0.15) is 17.2 Å². The van der Waals surface area contributed by atoms with E-state index in [0.717, 1.165) is 33.8 Å². The van der Waals surface area contributed by atoms with Crippen molar-refractivity contribution < 1.29 is 24.1 Å². The third kappa shape index (κ3) is 4.11. The van der Waals surface area contributed by atoms with Crippen LogP contribution in [0.2, 0.25) is 0 Å². The van der Waals surface area contributed by atoms with Crippen LogP contribution >= 0.6 is 0 Å². The molecule has 2 N–H and O–H groups in total. The van der Waals surface area contributed by atoms with Gasteiger partial charge in [-0.1, -0.05) is 18.2 Å². The van der Waals surface area contributed by atoms with Gasteiger partial charge in [0, 0.05) is 17.7 Å². The van der Waals surface area contributed by atoms with E-state index in [4.69, 9.17) is 14.2 Å². The number of hydrogen-bond donors (Lipinski definition) is 2. The molecule has 0 saturated carbocycles. The van der Waals surface area contributed by atoms with E-state index in [0.29, 0.717) is 30.3 Å². The second-order valence-corrected chi connectivity index (χ2v) is 8.43. The van der Waals surface area contributed by atoms with Crippen LogP contribution in [0.1, 0.15) is 40.1 Å². The molecule has 0 fully saturated rings. The number of carbonyl (C=O) groups excluding carboxylic acids is 1. The largest absolute Gasteiger partial charge is 0.504 e. The van der Waals surface area contributed by atoms with Crippen LogP contribution in [0.5, 0.6) is 23.0 Å². The van der Waals surface area contributed by atoms with E-state index >= 15 is 0 Å². The Bertz CT molecular complexity index is 1380. The molecule has 0 saturated heterocycles. The van der Waals surface area contributed by atoms with Crippen molar-refractivity contribution in [1.29, 1.82) is 0 Å². The summed E-state index contributed by atoms with van der Waals surface area (Å²) in [4.78, 5) is 15.5. The summed E-state index contributed by atoms with van der Waals surface area (Å²) in [6.07, 6.45) is 0. The average Bonchev–Trinajstić information content (AvgIpc) is 3.45. The van der Waals surface area contributed by atoms with Crippen LogP contribution < -0.4 is 14.2 Å². The summed E-state index contributed by atoms with van der Waals surface area (Å²) in [7, 11) is 3.24. The Morgan fingerprint density at radius 3 is 2.28 bits per heavy atom. The Hall–Kier alpha value is -4.46.